The van der Waals surface area contributed by atoms with Gasteiger partial charge in [-0.05, 0) is 71.8 Å². The molecule has 0 unspecified atom stereocenters. The van der Waals surface area contributed by atoms with E-state index in [-0.39, 0.29) is 0 Å². The molecule has 0 atom stereocenters. The summed E-state index contributed by atoms with van der Waals surface area (Å²) in [6.07, 6.45) is 0. The SMILES string of the molecule is CC1c2ccccc2N(c2ccc(-c3nc4ccccc4n3-c3ccccc3)cc2)c2ccccc21. The second-order valence-corrected chi connectivity index (χ2v) is 9.32. The molecule has 2 heterocycles. The predicted octanol–water partition coefficient (Wildman–Crippen LogP) is 8.63. The van der Waals surface area contributed by atoms with Crippen LogP contribution in [0.3, 0.4) is 0 Å². The molecular weight excluding hydrogens is 438 g/mol. The molecule has 0 spiro atoms. The molecule has 5 aromatic carbocycles. The molecule has 0 N–H and O–H groups in total. The Bertz CT molecular complexity index is 1650. The highest BCUT2D eigenvalue weighted by atomic mass is 15.2. The van der Waals surface area contributed by atoms with Crippen molar-refractivity contribution in [3.63, 3.8) is 0 Å². The monoisotopic (exact) mass is 463 g/mol. The second-order valence-electron chi connectivity index (χ2n) is 9.32. The normalized spacial score (nSPS) is 13.0. The Hall–Kier alpha value is -4.63. The van der Waals surface area contributed by atoms with Crippen LogP contribution in [-0.2, 0) is 0 Å². The lowest BCUT2D eigenvalue weighted by Gasteiger charge is -2.36. The van der Waals surface area contributed by atoms with Crippen molar-refractivity contribution in [3.05, 3.63) is 139 Å². The number of hydrogen-bond acceptors (Lipinski definition) is 2. The van der Waals surface area contributed by atoms with Gasteiger partial charge in [-0.15, -0.1) is 0 Å². The van der Waals surface area contributed by atoms with Crippen molar-refractivity contribution in [2.45, 2.75) is 12.8 Å². The first-order chi connectivity index (χ1) is 17.8. The van der Waals surface area contributed by atoms with Crippen LogP contribution in [-0.4, -0.2) is 9.55 Å². The van der Waals surface area contributed by atoms with Gasteiger partial charge in [-0.2, -0.15) is 0 Å². The van der Waals surface area contributed by atoms with E-state index in [1.165, 1.54) is 22.5 Å². The summed E-state index contributed by atoms with van der Waals surface area (Å²) in [6, 6.07) is 45.1. The van der Waals surface area contributed by atoms with Crippen LogP contribution in [0.2, 0.25) is 0 Å². The number of para-hydroxylation sites is 5. The number of benzene rings is 5. The molecule has 0 aliphatic carbocycles. The lowest BCUT2D eigenvalue weighted by Crippen LogP contribution is -2.20. The number of fused-ring (bicyclic) bond motifs is 3. The fourth-order valence-electron chi connectivity index (χ4n) is 5.51. The van der Waals surface area contributed by atoms with E-state index in [1.807, 2.05) is 12.1 Å². The maximum atomic E-state index is 5.03. The fraction of sp³-hybridized carbons (Fsp3) is 0.0606. The first kappa shape index (κ1) is 20.7. The van der Waals surface area contributed by atoms with Gasteiger partial charge in [-0.1, -0.05) is 73.7 Å². The van der Waals surface area contributed by atoms with Crippen LogP contribution in [0.15, 0.2) is 127 Å². The Kier molecular flexibility index (Phi) is 4.74. The fourth-order valence-corrected chi connectivity index (χ4v) is 5.51. The molecule has 3 heteroatoms. The zero-order valence-electron chi connectivity index (χ0n) is 20.0. The molecule has 0 bridgehead atoms. The summed E-state index contributed by atoms with van der Waals surface area (Å²) in [4.78, 5) is 7.42. The van der Waals surface area contributed by atoms with Crippen molar-refractivity contribution < 1.29 is 0 Å². The average molecular weight is 464 g/mol. The third-order valence-electron chi connectivity index (χ3n) is 7.25. The third-order valence-corrected chi connectivity index (χ3v) is 7.25. The maximum Gasteiger partial charge on any atom is 0.145 e. The summed E-state index contributed by atoms with van der Waals surface area (Å²) in [5.74, 6) is 1.31. The van der Waals surface area contributed by atoms with E-state index in [0.717, 1.165) is 33.8 Å². The molecule has 1 aliphatic heterocycles. The number of anilines is 3. The quantitative estimate of drug-likeness (QED) is 0.262. The lowest BCUT2D eigenvalue weighted by molar-refractivity contribution is 0.892. The highest BCUT2D eigenvalue weighted by molar-refractivity contribution is 5.86. The minimum Gasteiger partial charge on any atom is -0.310 e. The third kappa shape index (κ3) is 3.17. The van der Waals surface area contributed by atoms with Gasteiger partial charge in [-0.25, -0.2) is 4.98 Å². The number of rotatable bonds is 3. The standard InChI is InChI=1S/C33H25N3/c1-23-27-13-5-8-16-30(27)35(31-17-9-6-14-28(23)31)26-21-19-24(20-22-26)33-34-29-15-7-10-18-32(29)36(33)25-11-3-2-4-12-25/h2-23H,1H3. The van der Waals surface area contributed by atoms with E-state index < -0.39 is 0 Å². The van der Waals surface area contributed by atoms with E-state index in [1.54, 1.807) is 0 Å². The van der Waals surface area contributed by atoms with Gasteiger partial charge in [0.15, 0.2) is 0 Å². The molecule has 1 aliphatic rings. The van der Waals surface area contributed by atoms with Crippen LogP contribution in [0.1, 0.15) is 24.0 Å². The van der Waals surface area contributed by atoms with Gasteiger partial charge in [0.25, 0.3) is 0 Å². The first-order valence-corrected chi connectivity index (χ1v) is 12.4. The van der Waals surface area contributed by atoms with Gasteiger partial charge in [0, 0.05) is 34.2 Å². The zero-order valence-corrected chi connectivity index (χ0v) is 20.0. The summed E-state index contributed by atoms with van der Waals surface area (Å²) >= 11 is 0. The maximum absolute atomic E-state index is 5.03. The summed E-state index contributed by atoms with van der Waals surface area (Å²) in [5, 5.41) is 0. The Balaban J connectivity index is 1.37. The summed E-state index contributed by atoms with van der Waals surface area (Å²) < 4.78 is 2.25. The topological polar surface area (TPSA) is 21.1 Å². The van der Waals surface area contributed by atoms with Crippen molar-refractivity contribution >= 4 is 28.1 Å². The van der Waals surface area contributed by atoms with Gasteiger partial charge in [-0.3, -0.25) is 4.57 Å². The highest BCUT2D eigenvalue weighted by Crippen LogP contribution is 2.48. The molecular formula is C33H25N3. The highest BCUT2D eigenvalue weighted by Gasteiger charge is 2.28. The van der Waals surface area contributed by atoms with Crippen molar-refractivity contribution in [3.8, 4) is 17.1 Å². The number of imidazole rings is 1. The predicted molar refractivity (Wildman–Crippen MR) is 149 cm³/mol. The molecule has 6 aromatic rings. The van der Waals surface area contributed by atoms with Crippen LogP contribution in [0.4, 0.5) is 17.1 Å². The lowest BCUT2D eigenvalue weighted by atomic mass is 9.86. The van der Waals surface area contributed by atoms with E-state index in [0.29, 0.717) is 5.92 Å². The molecule has 1 aromatic heterocycles. The second kappa shape index (κ2) is 8.24. The molecule has 36 heavy (non-hydrogen) atoms. The van der Waals surface area contributed by atoms with Crippen LogP contribution >= 0.6 is 0 Å². The van der Waals surface area contributed by atoms with Gasteiger partial charge < -0.3 is 4.90 Å². The molecule has 3 nitrogen and oxygen atoms in total. The molecule has 0 saturated heterocycles. The molecule has 0 amide bonds. The molecule has 0 fully saturated rings. The van der Waals surface area contributed by atoms with Gasteiger partial charge in [0.2, 0.25) is 0 Å². The molecule has 172 valence electrons. The van der Waals surface area contributed by atoms with Crippen molar-refractivity contribution in [2.75, 3.05) is 4.90 Å². The van der Waals surface area contributed by atoms with Crippen molar-refractivity contribution in [2.24, 2.45) is 0 Å². The number of nitrogens with zero attached hydrogens (tertiary/aromatic N) is 3. The minimum atomic E-state index is 0.360. The average Bonchev–Trinajstić information content (AvgIpc) is 3.34. The Labute approximate surface area is 210 Å². The molecule has 0 radical (unpaired) electrons. The van der Waals surface area contributed by atoms with Crippen LogP contribution in [0.25, 0.3) is 28.1 Å². The van der Waals surface area contributed by atoms with E-state index in [2.05, 4.69) is 132 Å². The summed E-state index contributed by atoms with van der Waals surface area (Å²) in [7, 11) is 0. The van der Waals surface area contributed by atoms with Crippen LogP contribution in [0.5, 0.6) is 0 Å². The van der Waals surface area contributed by atoms with Crippen molar-refractivity contribution in [1.82, 2.24) is 9.55 Å². The summed E-state index contributed by atoms with van der Waals surface area (Å²) in [5.41, 5.74) is 10.6. The van der Waals surface area contributed by atoms with Gasteiger partial charge in [0.05, 0.1) is 11.0 Å². The molecule has 0 saturated carbocycles. The first-order valence-electron chi connectivity index (χ1n) is 12.4. The largest absolute Gasteiger partial charge is 0.310 e. The van der Waals surface area contributed by atoms with Gasteiger partial charge >= 0.3 is 0 Å². The Morgan fingerprint density at radius 2 is 1.14 bits per heavy atom. The van der Waals surface area contributed by atoms with E-state index in [9.17, 15) is 0 Å². The minimum absolute atomic E-state index is 0.360. The number of aromatic nitrogens is 2. The molecule has 7 rings (SSSR count). The van der Waals surface area contributed by atoms with Gasteiger partial charge in [0.1, 0.15) is 5.82 Å². The van der Waals surface area contributed by atoms with Crippen molar-refractivity contribution in [1.29, 1.82) is 0 Å². The van der Waals surface area contributed by atoms with Crippen LogP contribution < -0.4 is 4.90 Å². The van der Waals surface area contributed by atoms with Crippen LogP contribution in [0, 0.1) is 0 Å². The van der Waals surface area contributed by atoms with E-state index >= 15 is 0 Å². The number of hydrogen-bond donors (Lipinski definition) is 0. The Morgan fingerprint density at radius 3 is 1.83 bits per heavy atom. The smallest absolute Gasteiger partial charge is 0.145 e. The zero-order chi connectivity index (χ0) is 24.1. The summed E-state index contributed by atoms with van der Waals surface area (Å²) in [6.45, 7) is 2.30. The Morgan fingerprint density at radius 1 is 0.556 bits per heavy atom. The van der Waals surface area contributed by atoms with E-state index in [4.69, 9.17) is 4.98 Å².